The van der Waals surface area contributed by atoms with E-state index in [1.165, 1.54) is 12.1 Å². The van der Waals surface area contributed by atoms with E-state index >= 15 is 0 Å². The standard InChI is InChI=1S/C20H21F2NO/c1-13-3-9-17(11-13)23(2)20(24)15-6-4-14(5-7-15)18-10-8-16(21)12-19(18)22/h4-8,10,12-13,17H,3,9,11H2,1-2H3. The number of carbonyl (C=O) groups is 1. The third kappa shape index (κ3) is 3.32. The number of nitrogens with zero attached hydrogens (tertiary/aromatic N) is 1. The molecule has 3 rings (SSSR count). The first kappa shape index (κ1) is 16.6. The summed E-state index contributed by atoms with van der Waals surface area (Å²) in [6.07, 6.45) is 3.24. The molecule has 1 fully saturated rings. The number of amides is 1. The van der Waals surface area contributed by atoms with Crippen LogP contribution in [0.15, 0.2) is 42.5 Å². The van der Waals surface area contributed by atoms with Gasteiger partial charge in [0, 0.05) is 30.3 Å². The van der Waals surface area contributed by atoms with Crippen LogP contribution in [-0.4, -0.2) is 23.9 Å². The van der Waals surface area contributed by atoms with E-state index in [1.807, 2.05) is 11.9 Å². The molecule has 126 valence electrons. The van der Waals surface area contributed by atoms with Gasteiger partial charge in [-0.2, -0.15) is 0 Å². The van der Waals surface area contributed by atoms with Crippen molar-refractivity contribution in [3.63, 3.8) is 0 Å². The maximum absolute atomic E-state index is 13.8. The first-order valence-corrected chi connectivity index (χ1v) is 8.28. The minimum absolute atomic E-state index is 0.0137. The zero-order chi connectivity index (χ0) is 17.3. The topological polar surface area (TPSA) is 20.3 Å². The second-order valence-electron chi connectivity index (χ2n) is 6.69. The van der Waals surface area contributed by atoms with Crippen LogP contribution >= 0.6 is 0 Å². The molecular weight excluding hydrogens is 308 g/mol. The van der Waals surface area contributed by atoms with Gasteiger partial charge in [0.25, 0.3) is 5.91 Å². The number of benzene rings is 2. The summed E-state index contributed by atoms with van der Waals surface area (Å²) in [6, 6.07) is 10.6. The van der Waals surface area contributed by atoms with Crippen LogP contribution in [0.1, 0.15) is 36.5 Å². The maximum atomic E-state index is 13.8. The van der Waals surface area contributed by atoms with E-state index in [1.54, 1.807) is 24.3 Å². The van der Waals surface area contributed by atoms with Crippen molar-refractivity contribution in [1.29, 1.82) is 0 Å². The van der Waals surface area contributed by atoms with Crippen LogP contribution in [0.3, 0.4) is 0 Å². The van der Waals surface area contributed by atoms with Gasteiger partial charge >= 0.3 is 0 Å². The summed E-state index contributed by atoms with van der Waals surface area (Å²) in [4.78, 5) is 14.4. The Morgan fingerprint density at radius 2 is 1.79 bits per heavy atom. The van der Waals surface area contributed by atoms with Gasteiger partial charge in [0.05, 0.1) is 0 Å². The molecule has 2 unspecified atom stereocenters. The van der Waals surface area contributed by atoms with E-state index in [9.17, 15) is 13.6 Å². The van der Waals surface area contributed by atoms with Crippen LogP contribution in [0.2, 0.25) is 0 Å². The fraction of sp³-hybridized carbons (Fsp3) is 0.350. The predicted octanol–water partition coefficient (Wildman–Crippen LogP) is 4.89. The molecule has 0 aromatic heterocycles. The first-order chi connectivity index (χ1) is 11.5. The van der Waals surface area contributed by atoms with Crippen LogP contribution in [-0.2, 0) is 0 Å². The SMILES string of the molecule is CC1CCC(N(C)C(=O)c2ccc(-c3ccc(F)cc3F)cc2)C1. The number of hydrogen-bond acceptors (Lipinski definition) is 1. The van der Waals surface area contributed by atoms with Crippen LogP contribution < -0.4 is 0 Å². The predicted molar refractivity (Wildman–Crippen MR) is 90.7 cm³/mol. The van der Waals surface area contributed by atoms with Crippen molar-refractivity contribution in [3.8, 4) is 11.1 Å². The minimum atomic E-state index is -0.605. The van der Waals surface area contributed by atoms with E-state index in [2.05, 4.69) is 6.92 Å². The Morgan fingerprint density at radius 3 is 2.38 bits per heavy atom. The van der Waals surface area contributed by atoms with Crippen molar-refractivity contribution in [1.82, 2.24) is 4.90 Å². The summed E-state index contributed by atoms with van der Waals surface area (Å²) in [6.45, 7) is 2.21. The second kappa shape index (κ2) is 6.71. The summed E-state index contributed by atoms with van der Waals surface area (Å²) in [5.74, 6) is -0.559. The molecular formula is C20H21F2NO. The van der Waals surface area contributed by atoms with Crippen LogP contribution in [0.4, 0.5) is 8.78 Å². The van der Waals surface area contributed by atoms with Gasteiger partial charge in [-0.15, -0.1) is 0 Å². The third-order valence-corrected chi connectivity index (χ3v) is 4.91. The zero-order valence-corrected chi connectivity index (χ0v) is 13.9. The molecule has 2 nitrogen and oxygen atoms in total. The molecule has 1 aliphatic carbocycles. The van der Waals surface area contributed by atoms with Crippen molar-refractivity contribution in [2.24, 2.45) is 5.92 Å². The fourth-order valence-electron chi connectivity index (χ4n) is 3.41. The molecule has 24 heavy (non-hydrogen) atoms. The van der Waals surface area contributed by atoms with E-state index in [4.69, 9.17) is 0 Å². The van der Waals surface area contributed by atoms with E-state index in [-0.39, 0.29) is 5.91 Å². The average molecular weight is 329 g/mol. The molecule has 2 aromatic rings. The molecule has 0 N–H and O–H groups in total. The molecule has 0 bridgehead atoms. The van der Waals surface area contributed by atoms with Crippen LogP contribution in [0, 0.1) is 17.6 Å². The molecule has 1 saturated carbocycles. The molecule has 0 saturated heterocycles. The first-order valence-electron chi connectivity index (χ1n) is 8.28. The quantitative estimate of drug-likeness (QED) is 0.785. The summed E-state index contributed by atoms with van der Waals surface area (Å²) >= 11 is 0. The number of carbonyl (C=O) groups excluding carboxylic acids is 1. The Hall–Kier alpha value is -2.23. The molecule has 4 heteroatoms. The monoisotopic (exact) mass is 329 g/mol. The lowest BCUT2D eigenvalue weighted by molar-refractivity contribution is 0.0733. The lowest BCUT2D eigenvalue weighted by atomic mass is 10.0. The van der Waals surface area contributed by atoms with E-state index in [0.29, 0.717) is 28.7 Å². The zero-order valence-electron chi connectivity index (χ0n) is 13.9. The molecule has 2 aromatic carbocycles. The number of halogens is 2. The molecule has 1 amide bonds. The van der Waals surface area contributed by atoms with Gasteiger partial charge in [0.15, 0.2) is 0 Å². The fourth-order valence-corrected chi connectivity index (χ4v) is 3.41. The van der Waals surface area contributed by atoms with Crippen molar-refractivity contribution in [2.75, 3.05) is 7.05 Å². The van der Waals surface area contributed by atoms with Gasteiger partial charge < -0.3 is 4.90 Å². The Bertz CT molecular complexity index is 742. The van der Waals surface area contributed by atoms with Gasteiger partial charge in [-0.1, -0.05) is 19.1 Å². The molecule has 0 heterocycles. The largest absolute Gasteiger partial charge is 0.339 e. The molecule has 1 aliphatic rings. The Balaban J connectivity index is 1.77. The van der Waals surface area contributed by atoms with Crippen LogP contribution in [0.5, 0.6) is 0 Å². The lowest BCUT2D eigenvalue weighted by Gasteiger charge is -2.24. The summed E-state index contributed by atoms with van der Waals surface area (Å²) < 4.78 is 26.9. The van der Waals surface area contributed by atoms with Crippen molar-refractivity contribution in [2.45, 2.75) is 32.2 Å². The molecule has 0 spiro atoms. The molecule has 2 atom stereocenters. The van der Waals surface area contributed by atoms with E-state index < -0.39 is 11.6 Å². The highest BCUT2D eigenvalue weighted by atomic mass is 19.1. The van der Waals surface area contributed by atoms with Gasteiger partial charge in [0.1, 0.15) is 11.6 Å². The highest BCUT2D eigenvalue weighted by molar-refractivity contribution is 5.94. The number of rotatable bonds is 3. The highest BCUT2D eigenvalue weighted by Gasteiger charge is 2.28. The highest BCUT2D eigenvalue weighted by Crippen LogP contribution is 2.29. The van der Waals surface area contributed by atoms with Crippen molar-refractivity contribution < 1.29 is 13.6 Å². The number of hydrogen-bond donors (Lipinski definition) is 0. The minimum Gasteiger partial charge on any atom is -0.339 e. The normalized spacial score (nSPS) is 20.2. The van der Waals surface area contributed by atoms with E-state index in [0.717, 1.165) is 25.3 Å². The van der Waals surface area contributed by atoms with Gasteiger partial charge in [-0.05, 0) is 55.0 Å². The van der Waals surface area contributed by atoms with Gasteiger partial charge in [0.2, 0.25) is 0 Å². The molecule has 0 aliphatic heterocycles. The maximum Gasteiger partial charge on any atom is 0.253 e. The summed E-state index contributed by atoms with van der Waals surface area (Å²) in [5.41, 5.74) is 1.54. The third-order valence-electron chi connectivity index (χ3n) is 4.91. The molecule has 0 radical (unpaired) electrons. The van der Waals surface area contributed by atoms with Crippen molar-refractivity contribution >= 4 is 5.91 Å². The van der Waals surface area contributed by atoms with Crippen LogP contribution in [0.25, 0.3) is 11.1 Å². The summed E-state index contributed by atoms with van der Waals surface area (Å²) in [7, 11) is 1.85. The van der Waals surface area contributed by atoms with Gasteiger partial charge in [-0.3, -0.25) is 4.79 Å². The lowest BCUT2D eigenvalue weighted by Crippen LogP contribution is -2.35. The Kier molecular flexibility index (Phi) is 4.65. The summed E-state index contributed by atoms with van der Waals surface area (Å²) in [5, 5.41) is 0. The second-order valence-corrected chi connectivity index (χ2v) is 6.69. The smallest absolute Gasteiger partial charge is 0.253 e. The van der Waals surface area contributed by atoms with Crippen molar-refractivity contribution in [3.05, 3.63) is 59.7 Å². The van der Waals surface area contributed by atoms with Gasteiger partial charge in [-0.25, -0.2) is 8.78 Å². The average Bonchev–Trinajstić information content (AvgIpc) is 3.00. The Morgan fingerprint density at radius 1 is 1.08 bits per heavy atom. The Labute approximate surface area is 141 Å².